The lowest BCUT2D eigenvalue weighted by Gasteiger charge is -2.04. The molecular formula is C25H32OS4. The molecule has 0 saturated heterocycles. The summed E-state index contributed by atoms with van der Waals surface area (Å²) in [4.78, 5) is 18.2. The average Bonchev–Trinajstić information content (AvgIpc) is 3.33. The molecule has 3 rings (SSSR count). The number of allylic oxidation sites excluding steroid dienone is 4. The van der Waals surface area contributed by atoms with Crippen LogP contribution in [0.3, 0.4) is 0 Å². The first-order chi connectivity index (χ1) is 14.6. The van der Waals surface area contributed by atoms with Crippen LogP contribution in [0.2, 0.25) is 0 Å². The van der Waals surface area contributed by atoms with Crippen LogP contribution in [-0.4, -0.2) is 5.78 Å². The van der Waals surface area contributed by atoms with Crippen LogP contribution in [0.1, 0.15) is 77.7 Å². The van der Waals surface area contributed by atoms with Crippen molar-refractivity contribution in [2.24, 2.45) is 0 Å². The summed E-state index contributed by atoms with van der Waals surface area (Å²) in [6.45, 7) is 6.65. The Hall–Kier alpha value is -0.490. The Labute approximate surface area is 199 Å². The highest BCUT2D eigenvalue weighted by atomic mass is 32.2. The molecule has 162 valence electrons. The van der Waals surface area contributed by atoms with Crippen molar-refractivity contribution < 1.29 is 4.79 Å². The molecule has 0 aromatic heterocycles. The van der Waals surface area contributed by atoms with Gasteiger partial charge in [0.15, 0.2) is 5.78 Å². The average molecular weight is 477 g/mol. The summed E-state index contributed by atoms with van der Waals surface area (Å²) >= 11 is 7.49. The van der Waals surface area contributed by atoms with Gasteiger partial charge in [0.05, 0.1) is 13.4 Å². The maximum Gasteiger partial charge on any atom is 0.174 e. The normalized spacial score (nSPS) is 16.9. The van der Waals surface area contributed by atoms with Gasteiger partial charge in [0, 0.05) is 21.1 Å². The van der Waals surface area contributed by atoms with Crippen LogP contribution in [0, 0.1) is 0 Å². The molecule has 0 bridgehead atoms. The molecule has 0 radical (unpaired) electrons. The van der Waals surface area contributed by atoms with Crippen molar-refractivity contribution in [2.45, 2.75) is 78.6 Å². The molecule has 0 aliphatic carbocycles. The first-order valence-electron chi connectivity index (χ1n) is 11.1. The largest absolute Gasteiger partial charge is 0.293 e. The Morgan fingerprint density at radius 1 is 0.767 bits per heavy atom. The second-order valence-corrected chi connectivity index (χ2v) is 12.7. The molecule has 0 N–H and O–H groups in total. The van der Waals surface area contributed by atoms with Crippen LogP contribution in [0.15, 0.2) is 58.4 Å². The van der Waals surface area contributed by atoms with Gasteiger partial charge in [-0.05, 0) is 38.2 Å². The number of rotatable bonds is 11. The molecule has 30 heavy (non-hydrogen) atoms. The van der Waals surface area contributed by atoms with E-state index in [0.29, 0.717) is 6.42 Å². The van der Waals surface area contributed by atoms with Crippen molar-refractivity contribution in [1.29, 1.82) is 0 Å². The van der Waals surface area contributed by atoms with Crippen molar-refractivity contribution in [2.75, 3.05) is 0 Å². The van der Waals surface area contributed by atoms with Crippen LogP contribution < -0.4 is 0 Å². The maximum atomic E-state index is 12.9. The molecule has 0 atom stereocenters. The summed E-state index contributed by atoms with van der Waals surface area (Å²) in [6, 6.07) is 10.1. The standard InChI is InChI=1S/C25H32OS4/c1-4-6-9-15-21-22(16-10-7-5-2)29-25(28-21)24-27-18(3)23(30-24)20(26)17-19-13-11-8-12-14-19/h8,11-14H,4-7,9-10,15-17H2,1-3H3. The highest BCUT2D eigenvalue weighted by Crippen LogP contribution is 2.61. The zero-order chi connectivity index (χ0) is 21.3. The summed E-state index contributed by atoms with van der Waals surface area (Å²) < 4.78 is 2.72. The molecule has 1 aromatic rings. The lowest BCUT2D eigenvalue weighted by Crippen LogP contribution is -2.03. The number of carbonyl (C=O) groups is 1. The summed E-state index contributed by atoms with van der Waals surface area (Å²) in [5, 5.41) is 0. The predicted molar refractivity (Wildman–Crippen MR) is 141 cm³/mol. The first kappa shape index (κ1) is 24.2. The van der Waals surface area contributed by atoms with Gasteiger partial charge in [-0.25, -0.2) is 0 Å². The summed E-state index contributed by atoms with van der Waals surface area (Å²) in [6.07, 6.45) is 10.7. The van der Waals surface area contributed by atoms with Crippen molar-refractivity contribution in [3.8, 4) is 0 Å². The molecule has 2 aliphatic heterocycles. The van der Waals surface area contributed by atoms with E-state index >= 15 is 0 Å². The number of thioether (sulfide) groups is 4. The number of ketones is 1. The fraction of sp³-hybridized carbons (Fsp3) is 0.480. The monoisotopic (exact) mass is 476 g/mol. The van der Waals surface area contributed by atoms with Gasteiger partial charge in [0.25, 0.3) is 0 Å². The molecule has 5 heteroatoms. The first-order valence-corrected chi connectivity index (χ1v) is 14.3. The predicted octanol–water partition coefficient (Wildman–Crippen LogP) is 9.49. The molecule has 0 saturated carbocycles. The van der Waals surface area contributed by atoms with Gasteiger partial charge in [0.2, 0.25) is 0 Å². The van der Waals surface area contributed by atoms with E-state index in [1.807, 2.05) is 53.9 Å². The van der Waals surface area contributed by atoms with Crippen LogP contribution in [0.4, 0.5) is 0 Å². The minimum atomic E-state index is 0.249. The lowest BCUT2D eigenvalue weighted by atomic mass is 10.1. The van der Waals surface area contributed by atoms with E-state index in [0.717, 1.165) is 15.4 Å². The van der Waals surface area contributed by atoms with E-state index in [4.69, 9.17) is 0 Å². The van der Waals surface area contributed by atoms with Gasteiger partial charge >= 0.3 is 0 Å². The van der Waals surface area contributed by atoms with Crippen LogP contribution in [0.5, 0.6) is 0 Å². The van der Waals surface area contributed by atoms with Gasteiger partial charge < -0.3 is 0 Å². The second-order valence-electron chi connectivity index (χ2n) is 7.71. The highest BCUT2D eigenvalue weighted by molar-refractivity contribution is 8.34. The van der Waals surface area contributed by atoms with Gasteiger partial charge in [-0.3, -0.25) is 4.79 Å². The second kappa shape index (κ2) is 12.5. The van der Waals surface area contributed by atoms with E-state index in [9.17, 15) is 4.79 Å². The third-order valence-electron chi connectivity index (χ3n) is 5.15. The Balaban J connectivity index is 1.66. The molecule has 1 aromatic carbocycles. The van der Waals surface area contributed by atoms with Crippen LogP contribution in [0.25, 0.3) is 0 Å². The van der Waals surface area contributed by atoms with E-state index in [1.54, 1.807) is 33.3 Å². The Morgan fingerprint density at radius 3 is 1.90 bits per heavy atom. The zero-order valence-corrected chi connectivity index (χ0v) is 21.6. The van der Waals surface area contributed by atoms with Crippen molar-refractivity contribution in [3.63, 3.8) is 0 Å². The number of benzene rings is 1. The smallest absolute Gasteiger partial charge is 0.174 e. The minimum Gasteiger partial charge on any atom is -0.293 e. The quantitative estimate of drug-likeness (QED) is 0.295. The molecule has 1 nitrogen and oxygen atoms in total. The molecule has 0 amide bonds. The fourth-order valence-corrected chi connectivity index (χ4v) is 9.23. The number of hydrogen-bond donors (Lipinski definition) is 0. The Morgan fingerprint density at radius 2 is 1.33 bits per heavy atom. The van der Waals surface area contributed by atoms with Gasteiger partial charge in [-0.15, -0.1) is 0 Å². The van der Waals surface area contributed by atoms with E-state index in [-0.39, 0.29) is 5.78 Å². The summed E-state index contributed by atoms with van der Waals surface area (Å²) in [5.41, 5.74) is 1.09. The zero-order valence-electron chi connectivity index (χ0n) is 18.3. The summed E-state index contributed by atoms with van der Waals surface area (Å²) in [5.74, 6) is 0.249. The van der Waals surface area contributed by atoms with E-state index in [1.165, 1.54) is 59.8 Å². The van der Waals surface area contributed by atoms with Crippen LogP contribution in [-0.2, 0) is 11.2 Å². The Kier molecular flexibility index (Phi) is 10.1. The highest BCUT2D eigenvalue weighted by Gasteiger charge is 2.30. The minimum absolute atomic E-state index is 0.249. The maximum absolute atomic E-state index is 12.9. The third-order valence-corrected chi connectivity index (χ3v) is 11.1. The third kappa shape index (κ3) is 6.75. The molecule has 0 spiro atoms. The summed E-state index contributed by atoms with van der Waals surface area (Å²) in [7, 11) is 0. The molecule has 0 unspecified atom stereocenters. The molecular weight excluding hydrogens is 445 g/mol. The van der Waals surface area contributed by atoms with Gasteiger partial charge in [-0.2, -0.15) is 0 Å². The fourth-order valence-electron chi connectivity index (χ4n) is 3.46. The number of unbranched alkanes of at least 4 members (excludes halogenated alkanes) is 4. The van der Waals surface area contributed by atoms with Crippen molar-refractivity contribution in [1.82, 2.24) is 0 Å². The van der Waals surface area contributed by atoms with E-state index < -0.39 is 0 Å². The van der Waals surface area contributed by atoms with Crippen LogP contribution >= 0.6 is 47.0 Å². The Bertz CT molecular complexity index is 812. The number of carbonyl (C=O) groups excluding carboxylic acids is 1. The number of Topliss-reactive ketones (excluding diaryl/α,β-unsaturated/α-hetero) is 1. The topological polar surface area (TPSA) is 17.1 Å². The molecule has 2 aliphatic rings. The van der Waals surface area contributed by atoms with Crippen molar-refractivity contribution in [3.05, 3.63) is 64.0 Å². The lowest BCUT2D eigenvalue weighted by molar-refractivity contribution is -0.114. The number of hydrogen-bond acceptors (Lipinski definition) is 5. The van der Waals surface area contributed by atoms with Gasteiger partial charge in [-0.1, -0.05) is 117 Å². The van der Waals surface area contributed by atoms with E-state index in [2.05, 4.69) is 20.8 Å². The SMILES string of the molecule is CCCCCC1=C(CCCCC)SC(=C2SC(C)=C(C(=O)Cc3ccccc3)S2)S1. The molecule has 2 heterocycles. The van der Waals surface area contributed by atoms with Gasteiger partial charge in [0.1, 0.15) is 0 Å². The van der Waals surface area contributed by atoms with Crippen molar-refractivity contribution >= 4 is 52.8 Å². The molecule has 0 fully saturated rings.